The molecule has 2 bridgehead atoms. The SMILES string of the molecule is CCOC(=O)NC(=O)CSc1nnc(COc2ccccc2F)n1C(C)C1CC2CCC1C2. The number of thioether (sulfide) groups is 1. The molecule has 2 fully saturated rings. The van der Waals surface area contributed by atoms with E-state index in [9.17, 15) is 14.0 Å². The van der Waals surface area contributed by atoms with E-state index in [2.05, 4.69) is 22.4 Å². The number of amides is 2. The molecule has 4 unspecified atom stereocenters. The summed E-state index contributed by atoms with van der Waals surface area (Å²) in [6.07, 6.45) is 4.22. The molecule has 1 heterocycles. The molecule has 2 saturated carbocycles. The van der Waals surface area contributed by atoms with Crippen LogP contribution in [0.15, 0.2) is 29.4 Å². The number of carbonyl (C=O) groups is 2. The van der Waals surface area contributed by atoms with E-state index < -0.39 is 17.8 Å². The van der Waals surface area contributed by atoms with Gasteiger partial charge < -0.3 is 9.47 Å². The van der Waals surface area contributed by atoms with Crippen molar-refractivity contribution >= 4 is 23.8 Å². The number of nitrogens with one attached hydrogen (secondary N) is 1. The van der Waals surface area contributed by atoms with Crippen LogP contribution in [-0.2, 0) is 16.1 Å². The highest BCUT2D eigenvalue weighted by molar-refractivity contribution is 7.99. The summed E-state index contributed by atoms with van der Waals surface area (Å²) < 4.78 is 26.5. The molecule has 8 nitrogen and oxygen atoms in total. The summed E-state index contributed by atoms with van der Waals surface area (Å²) in [5.41, 5.74) is 0. The number of fused-ring (bicyclic) bond motifs is 2. The molecule has 0 aliphatic heterocycles. The summed E-state index contributed by atoms with van der Waals surface area (Å²) in [4.78, 5) is 23.6. The Kier molecular flexibility index (Phi) is 7.52. The van der Waals surface area contributed by atoms with Gasteiger partial charge in [0.1, 0.15) is 6.61 Å². The summed E-state index contributed by atoms with van der Waals surface area (Å²) in [6.45, 7) is 4.08. The van der Waals surface area contributed by atoms with Crippen LogP contribution in [0.3, 0.4) is 0 Å². The van der Waals surface area contributed by atoms with Crippen LogP contribution in [0, 0.1) is 23.6 Å². The molecule has 0 radical (unpaired) electrons. The lowest BCUT2D eigenvalue weighted by Gasteiger charge is -2.30. The number of alkyl carbamates (subject to hydrolysis) is 1. The first-order valence-corrected chi connectivity index (χ1v) is 12.3. The van der Waals surface area contributed by atoms with Gasteiger partial charge in [-0.2, -0.15) is 0 Å². The zero-order valence-electron chi connectivity index (χ0n) is 18.8. The zero-order valence-corrected chi connectivity index (χ0v) is 19.6. The first kappa shape index (κ1) is 23.5. The molecule has 1 aromatic carbocycles. The van der Waals surface area contributed by atoms with Gasteiger partial charge in [0.15, 0.2) is 22.5 Å². The molecule has 0 saturated heterocycles. The molecule has 2 aromatic rings. The van der Waals surface area contributed by atoms with Crippen LogP contribution in [0.1, 0.15) is 51.4 Å². The lowest BCUT2D eigenvalue weighted by molar-refractivity contribution is -0.117. The molecular formula is C23H29FN4O4S. The number of ether oxygens (including phenoxy) is 2. The molecule has 10 heteroatoms. The van der Waals surface area contributed by atoms with E-state index in [1.807, 2.05) is 4.57 Å². The van der Waals surface area contributed by atoms with Crippen LogP contribution in [0.5, 0.6) is 5.75 Å². The highest BCUT2D eigenvalue weighted by Crippen LogP contribution is 2.52. The Morgan fingerprint density at radius 2 is 2.09 bits per heavy atom. The van der Waals surface area contributed by atoms with E-state index in [0.717, 1.165) is 5.92 Å². The quantitative estimate of drug-likeness (QED) is 0.537. The molecule has 2 aliphatic carbocycles. The maximum atomic E-state index is 14.0. The molecule has 1 N–H and O–H groups in total. The third kappa shape index (κ3) is 5.48. The molecule has 1 aromatic heterocycles. The lowest BCUT2D eigenvalue weighted by Crippen LogP contribution is -2.32. The number of carbonyl (C=O) groups excluding carboxylic acids is 2. The lowest BCUT2D eigenvalue weighted by atomic mass is 9.84. The molecule has 178 valence electrons. The molecule has 4 atom stereocenters. The highest BCUT2D eigenvalue weighted by atomic mass is 32.2. The minimum Gasteiger partial charge on any atom is -0.483 e. The summed E-state index contributed by atoms with van der Waals surface area (Å²) in [7, 11) is 0. The van der Waals surface area contributed by atoms with Crippen molar-refractivity contribution in [1.82, 2.24) is 20.1 Å². The van der Waals surface area contributed by atoms with Gasteiger partial charge in [-0.25, -0.2) is 9.18 Å². The third-order valence-electron chi connectivity index (χ3n) is 6.60. The van der Waals surface area contributed by atoms with Gasteiger partial charge in [-0.1, -0.05) is 30.3 Å². The first-order chi connectivity index (χ1) is 16.0. The van der Waals surface area contributed by atoms with Gasteiger partial charge in [0.05, 0.1) is 12.4 Å². The zero-order chi connectivity index (χ0) is 23.4. The number of nitrogens with zero attached hydrogens (tertiary/aromatic N) is 3. The largest absolute Gasteiger partial charge is 0.483 e. The fraction of sp³-hybridized carbons (Fsp3) is 0.565. The standard InChI is InChI=1S/C23H29FN4O4S/c1-3-31-23(30)25-21(29)13-33-22-27-26-20(12-32-19-7-5-4-6-18(19)24)28(22)14(2)17-11-15-8-9-16(17)10-15/h4-7,14-17H,3,8-13H2,1-2H3,(H,25,29,30). The molecule has 2 aliphatic rings. The fourth-order valence-corrected chi connectivity index (χ4v) is 5.98. The predicted molar refractivity (Wildman–Crippen MR) is 120 cm³/mol. The molecule has 33 heavy (non-hydrogen) atoms. The van der Waals surface area contributed by atoms with Crippen LogP contribution < -0.4 is 10.1 Å². The Labute approximate surface area is 196 Å². The van der Waals surface area contributed by atoms with Crippen molar-refractivity contribution in [2.45, 2.75) is 57.3 Å². The second-order valence-corrected chi connectivity index (χ2v) is 9.57. The molecule has 0 spiro atoms. The average molecular weight is 477 g/mol. The second-order valence-electron chi connectivity index (χ2n) is 8.62. The van der Waals surface area contributed by atoms with Crippen molar-refractivity contribution in [1.29, 1.82) is 0 Å². The number of halogens is 1. The molecule has 2 amide bonds. The van der Waals surface area contributed by atoms with Gasteiger partial charge in [-0.15, -0.1) is 10.2 Å². The van der Waals surface area contributed by atoms with Crippen LogP contribution in [-0.4, -0.2) is 39.1 Å². The maximum absolute atomic E-state index is 14.0. The summed E-state index contributed by atoms with van der Waals surface area (Å²) >= 11 is 1.21. The Balaban J connectivity index is 1.50. The predicted octanol–water partition coefficient (Wildman–Crippen LogP) is 4.36. The number of benzene rings is 1. The topological polar surface area (TPSA) is 95.3 Å². The first-order valence-electron chi connectivity index (χ1n) is 11.4. The normalized spacial score (nSPS) is 22.2. The Morgan fingerprint density at radius 1 is 1.27 bits per heavy atom. The molecular weight excluding hydrogens is 447 g/mol. The van der Waals surface area contributed by atoms with Gasteiger partial charge in [-0.3, -0.25) is 14.7 Å². The van der Waals surface area contributed by atoms with Gasteiger partial charge in [-0.05, 0) is 63.0 Å². The number of rotatable bonds is 9. The number of para-hydroxylation sites is 1. The summed E-state index contributed by atoms with van der Waals surface area (Å²) in [5, 5.41) is 11.4. The van der Waals surface area contributed by atoms with E-state index in [0.29, 0.717) is 22.8 Å². The Morgan fingerprint density at radius 3 is 2.79 bits per heavy atom. The minimum atomic E-state index is -0.765. The van der Waals surface area contributed by atoms with E-state index in [1.54, 1.807) is 25.1 Å². The Hall–Kier alpha value is -2.62. The van der Waals surface area contributed by atoms with Crippen molar-refractivity contribution in [2.75, 3.05) is 12.4 Å². The van der Waals surface area contributed by atoms with Crippen LogP contribution in [0.2, 0.25) is 0 Å². The highest BCUT2D eigenvalue weighted by Gasteiger charge is 2.43. The second kappa shape index (κ2) is 10.5. The maximum Gasteiger partial charge on any atom is 0.413 e. The van der Waals surface area contributed by atoms with Gasteiger partial charge in [0, 0.05) is 6.04 Å². The summed E-state index contributed by atoms with van der Waals surface area (Å²) in [5.74, 6) is 1.79. The van der Waals surface area contributed by atoms with Crippen molar-refractivity contribution in [2.24, 2.45) is 17.8 Å². The Bertz CT molecular complexity index is 1000. The van der Waals surface area contributed by atoms with E-state index in [1.165, 1.54) is 43.5 Å². The fourth-order valence-electron chi connectivity index (χ4n) is 5.14. The van der Waals surface area contributed by atoms with E-state index >= 15 is 0 Å². The minimum absolute atomic E-state index is 0.00540. The van der Waals surface area contributed by atoms with E-state index in [-0.39, 0.29) is 30.8 Å². The van der Waals surface area contributed by atoms with Crippen molar-refractivity contribution in [3.63, 3.8) is 0 Å². The number of hydrogen-bond acceptors (Lipinski definition) is 7. The number of imide groups is 1. The van der Waals surface area contributed by atoms with Crippen LogP contribution in [0.25, 0.3) is 0 Å². The van der Waals surface area contributed by atoms with Gasteiger partial charge in [0.25, 0.3) is 0 Å². The number of hydrogen-bond donors (Lipinski definition) is 1. The monoisotopic (exact) mass is 476 g/mol. The van der Waals surface area contributed by atoms with Crippen molar-refractivity contribution in [3.8, 4) is 5.75 Å². The van der Waals surface area contributed by atoms with Gasteiger partial charge in [0.2, 0.25) is 5.91 Å². The van der Waals surface area contributed by atoms with Gasteiger partial charge >= 0.3 is 6.09 Å². The summed E-state index contributed by atoms with van der Waals surface area (Å²) in [6, 6.07) is 6.36. The average Bonchev–Trinajstić information content (AvgIpc) is 3.52. The molecule has 4 rings (SSSR count). The van der Waals surface area contributed by atoms with Crippen LogP contribution >= 0.6 is 11.8 Å². The third-order valence-corrected chi connectivity index (χ3v) is 7.54. The number of aromatic nitrogens is 3. The van der Waals surface area contributed by atoms with Crippen molar-refractivity contribution < 1.29 is 23.5 Å². The van der Waals surface area contributed by atoms with E-state index in [4.69, 9.17) is 9.47 Å². The smallest absolute Gasteiger partial charge is 0.413 e. The van der Waals surface area contributed by atoms with Crippen LogP contribution in [0.4, 0.5) is 9.18 Å². The van der Waals surface area contributed by atoms with Crippen molar-refractivity contribution in [3.05, 3.63) is 35.9 Å².